The number of likely N-dealkylation sites (tertiary alicyclic amines) is 1. The van der Waals surface area contributed by atoms with Gasteiger partial charge in [0.2, 0.25) is 11.7 Å². The summed E-state index contributed by atoms with van der Waals surface area (Å²) in [6.07, 6.45) is 0.501. The molecule has 6 rings (SSSR count). The molecule has 19 heteroatoms. The molecule has 1 saturated heterocycles. The molecule has 260 valence electrons. The number of nitrogens with two attached hydrogens (primary N) is 1. The minimum absolute atomic E-state index is 0.0701. The average Bonchev–Trinajstić information content (AvgIpc) is 3.63. The standard InChI is InChI=1S/C30H32ClF3N10O5/c1-15-11-29(5-7-42(8-6-29)27(48)21-23(46)16(2)36-14-37-21)20-22(15)43(13-19(45)38-18(12-35)24(31)40-30(32,33)34)28-39-25(41-44(28)26(20)47)17-3-9-49-10-4-17/h3,12,14-15,46H,4-11,13,35H2,1-2H3,(H,38,45)/b18-12+,40-24-. The summed E-state index contributed by atoms with van der Waals surface area (Å²) < 4.78 is 46.7. The van der Waals surface area contributed by atoms with Crippen LogP contribution in [0.15, 0.2) is 34.1 Å². The van der Waals surface area contributed by atoms with Crippen LogP contribution in [0.2, 0.25) is 0 Å². The third-order valence-corrected chi connectivity index (χ3v) is 9.42. The summed E-state index contributed by atoms with van der Waals surface area (Å²) in [5.74, 6) is -1.47. The fourth-order valence-corrected chi connectivity index (χ4v) is 7.13. The van der Waals surface area contributed by atoms with Crippen LogP contribution in [-0.2, 0) is 21.5 Å². The number of hydrogen-bond acceptors (Lipinski definition) is 11. The number of nitrogens with zero attached hydrogens (tertiary/aromatic N) is 8. The highest BCUT2D eigenvalue weighted by Gasteiger charge is 2.49. The molecule has 2 amide bonds. The van der Waals surface area contributed by atoms with E-state index in [1.807, 2.05) is 13.0 Å². The van der Waals surface area contributed by atoms with Crippen LogP contribution >= 0.6 is 11.6 Å². The topological polar surface area (TPSA) is 195 Å². The number of alkyl halides is 3. The quantitative estimate of drug-likeness (QED) is 0.253. The largest absolute Gasteiger partial charge is 0.504 e. The number of fused-ring (bicyclic) bond motifs is 3. The summed E-state index contributed by atoms with van der Waals surface area (Å²) in [4.78, 5) is 57.6. The average molecular weight is 705 g/mol. The minimum atomic E-state index is -5.00. The normalized spacial score (nSPS) is 19.7. The molecule has 2 aliphatic heterocycles. The van der Waals surface area contributed by atoms with Crippen molar-refractivity contribution >= 4 is 39.9 Å². The highest BCUT2D eigenvalue weighted by atomic mass is 35.5. The third kappa shape index (κ3) is 6.37. The second-order valence-corrected chi connectivity index (χ2v) is 12.5. The molecule has 4 N–H and O–H groups in total. The molecular formula is C30H32ClF3N10O5. The second-order valence-electron chi connectivity index (χ2n) is 12.2. The van der Waals surface area contributed by atoms with Crippen molar-refractivity contribution in [3.63, 3.8) is 0 Å². The number of ether oxygens (including phenoxy) is 1. The number of aromatic hydroxyl groups is 1. The van der Waals surface area contributed by atoms with Crippen molar-refractivity contribution in [1.82, 2.24) is 39.3 Å². The number of rotatable bonds is 6. The first-order chi connectivity index (χ1) is 23.2. The number of aryl methyl sites for hydroxylation is 1. The number of allylic oxidation sites excluding steroid dienone is 1. The first kappa shape index (κ1) is 34.0. The highest BCUT2D eigenvalue weighted by Crippen LogP contribution is 2.50. The van der Waals surface area contributed by atoms with Gasteiger partial charge in [-0.3, -0.25) is 14.4 Å². The Labute approximate surface area is 281 Å². The maximum atomic E-state index is 14.3. The molecule has 1 fully saturated rings. The lowest BCUT2D eigenvalue weighted by Crippen LogP contribution is -2.47. The number of amides is 2. The van der Waals surface area contributed by atoms with Crippen LogP contribution in [0.1, 0.15) is 71.8 Å². The predicted molar refractivity (Wildman–Crippen MR) is 169 cm³/mol. The smallest absolute Gasteiger partial charge is 0.504 e. The Kier molecular flexibility index (Phi) is 8.95. The zero-order valence-corrected chi connectivity index (χ0v) is 27.2. The molecule has 1 atom stereocenters. The second kappa shape index (κ2) is 12.9. The number of hydrogen-bond donors (Lipinski definition) is 3. The van der Waals surface area contributed by atoms with Crippen molar-refractivity contribution in [2.75, 3.05) is 26.3 Å². The van der Waals surface area contributed by atoms with Gasteiger partial charge in [0.25, 0.3) is 11.5 Å². The zero-order chi connectivity index (χ0) is 35.2. The van der Waals surface area contributed by atoms with Crippen LogP contribution < -0.4 is 16.6 Å². The van der Waals surface area contributed by atoms with E-state index < -0.39 is 46.5 Å². The fraction of sp³-hybridized carbons (Fsp3) is 0.467. The van der Waals surface area contributed by atoms with Crippen molar-refractivity contribution < 1.29 is 32.6 Å². The number of carbonyl (C=O) groups excluding carboxylic acids is 2. The van der Waals surface area contributed by atoms with E-state index in [0.717, 1.165) is 10.1 Å². The van der Waals surface area contributed by atoms with E-state index in [1.165, 1.54) is 6.33 Å². The zero-order valence-electron chi connectivity index (χ0n) is 26.4. The summed E-state index contributed by atoms with van der Waals surface area (Å²) in [5.41, 5.74) is 5.68. The van der Waals surface area contributed by atoms with Gasteiger partial charge in [0, 0.05) is 36.0 Å². The molecule has 3 aromatic heterocycles. The van der Waals surface area contributed by atoms with Gasteiger partial charge >= 0.3 is 6.30 Å². The van der Waals surface area contributed by atoms with E-state index in [9.17, 15) is 32.7 Å². The number of piperidine rings is 1. The van der Waals surface area contributed by atoms with Crippen molar-refractivity contribution in [2.45, 2.75) is 63.7 Å². The van der Waals surface area contributed by atoms with Gasteiger partial charge < -0.3 is 30.4 Å². The monoisotopic (exact) mass is 704 g/mol. The predicted octanol–water partition coefficient (Wildman–Crippen LogP) is 2.25. The van der Waals surface area contributed by atoms with Crippen LogP contribution in [0.4, 0.5) is 13.2 Å². The molecule has 49 heavy (non-hydrogen) atoms. The molecule has 0 radical (unpaired) electrons. The summed E-state index contributed by atoms with van der Waals surface area (Å²) in [6, 6.07) is 0. The minimum Gasteiger partial charge on any atom is -0.504 e. The van der Waals surface area contributed by atoms with E-state index in [-0.39, 0.29) is 47.7 Å². The van der Waals surface area contributed by atoms with Gasteiger partial charge in [-0.1, -0.05) is 24.6 Å². The molecule has 3 aliphatic rings. The van der Waals surface area contributed by atoms with Gasteiger partial charge in [-0.05, 0) is 44.1 Å². The van der Waals surface area contributed by atoms with Crippen LogP contribution in [0, 0.1) is 6.92 Å². The number of carbonyl (C=O) groups is 2. The molecule has 5 heterocycles. The number of halogens is 4. The molecule has 1 unspecified atom stereocenters. The molecule has 1 aliphatic carbocycles. The summed E-state index contributed by atoms with van der Waals surface area (Å²) in [6.45, 7) is 4.27. The van der Waals surface area contributed by atoms with E-state index >= 15 is 0 Å². The van der Waals surface area contributed by atoms with Crippen LogP contribution in [0.3, 0.4) is 0 Å². The highest BCUT2D eigenvalue weighted by molar-refractivity contribution is 6.69. The number of nitrogens with one attached hydrogen (secondary N) is 1. The first-order valence-corrected chi connectivity index (χ1v) is 15.8. The lowest BCUT2D eigenvalue weighted by molar-refractivity contribution is -0.122. The van der Waals surface area contributed by atoms with E-state index in [0.29, 0.717) is 56.4 Å². The maximum Gasteiger partial charge on any atom is 0.504 e. The maximum absolute atomic E-state index is 14.3. The van der Waals surface area contributed by atoms with Gasteiger partial charge in [-0.15, -0.1) is 18.3 Å². The Bertz CT molecular complexity index is 2000. The van der Waals surface area contributed by atoms with Crippen molar-refractivity contribution in [3.8, 4) is 5.75 Å². The summed E-state index contributed by atoms with van der Waals surface area (Å²) in [7, 11) is 0. The number of aliphatic imine (C=N–C) groups is 1. The molecule has 0 saturated carbocycles. The Morgan fingerprint density at radius 2 is 2.02 bits per heavy atom. The lowest BCUT2D eigenvalue weighted by atomic mass is 9.73. The molecule has 15 nitrogen and oxygen atoms in total. The lowest BCUT2D eigenvalue weighted by Gasteiger charge is -2.39. The van der Waals surface area contributed by atoms with Crippen molar-refractivity contribution in [2.24, 2.45) is 10.7 Å². The molecule has 0 bridgehead atoms. The van der Waals surface area contributed by atoms with E-state index in [2.05, 4.69) is 30.4 Å². The van der Waals surface area contributed by atoms with Gasteiger partial charge in [-0.2, -0.15) is 14.5 Å². The van der Waals surface area contributed by atoms with Crippen molar-refractivity contribution in [1.29, 1.82) is 0 Å². The molecule has 3 aromatic rings. The molecule has 1 spiro atoms. The van der Waals surface area contributed by atoms with Gasteiger partial charge in [0.15, 0.2) is 22.4 Å². The van der Waals surface area contributed by atoms with Gasteiger partial charge in [0.1, 0.15) is 12.9 Å². The molecular weight excluding hydrogens is 673 g/mol. The Morgan fingerprint density at radius 3 is 2.67 bits per heavy atom. The summed E-state index contributed by atoms with van der Waals surface area (Å²) >= 11 is 5.71. The van der Waals surface area contributed by atoms with Crippen LogP contribution in [0.25, 0.3) is 11.4 Å². The van der Waals surface area contributed by atoms with E-state index in [1.54, 1.807) is 16.4 Å². The SMILES string of the molecule is Cc1ncnc(C(=O)N2CCC3(CC2)CC(C)c2c3c(=O)n3nc(C4=CCOCC4)nc3n2CC(=O)NC(=C/N)/C(Cl)=N/C(F)(F)F)c1O. The van der Waals surface area contributed by atoms with Gasteiger partial charge in [-0.25, -0.2) is 9.97 Å². The fourth-order valence-electron chi connectivity index (χ4n) is 6.92. The van der Waals surface area contributed by atoms with Crippen LogP contribution in [0.5, 0.6) is 5.75 Å². The number of aromatic nitrogens is 6. The van der Waals surface area contributed by atoms with Crippen molar-refractivity contribution in [3.05, 3.63) is 63.1 Å². The van der Waals surface area contributed by atoms with Crippen LogP contribution in [-0.4, -0.2) is 88.7 Å². The first-order valence-electron chi connectivity index (χ1n) is 15.4. The Balaban J connectivity index is 1.39. The van der Waals surface area contributed by atoms with E-state index in [4.69, 9.17) is 22.1 Å². The van der Waals surface area contributed by atoms with Gasteiger partial charge in [0.05, 0.1) is 24.6 Å². The molecule has 0 aromatic carbocycles. The Morgan fingerprint density at radius 1 is 1.29 bits per heavy atom. The summed E-state index contributed by atoms with van der Waals surface area (Å²) in [5, 5.41) is 16.2. The Hall–Kier alpha value is -4.84. The third-order valence-electron chi connectivity index (χ3n) is 9.13.